The molecule has 0 aromatic heterocycles. The quantitative estimate of drug-likeness (QED) is 0.501. The van der Waals surface area contributed by atoms with Gasteiger partial charge in [-0.15, -0.1) is 0 Å². The molecule has 0 saturated carbocycles. The zero-order chi connectivity index (χ0) is 16.7. The fourth-order valence-corrected chi connectivity index (χ4v) is 1.91. The highest BCUT2D eigenvalue weighted by Crippen LogP contribution is 2.08. The molecular formula is C17H16N4O2. The Balaban J connectivity index is 2.18. The molecular weight excluding hydrogens is 292 g/mol. The lowest BCUT2D eigenvalue weighted by Gasteiger charge is -2.22. The first-order valence-electron chi connectivity index (χ1n) is 6.96. The van der Waals surface area contributed by atoms with Gasteiger partial charge in [0.1, 0.15) is 0 Å². The molecule has 0 saturated heterocycles. The Morgan fingerprint density at radius 1 is 1.04 bits per heavy atom. The average Bonchev–Trinajstić information content (AvgIpc) is 2.61. The molecule has 0 aliphatic heterocycles. The summed E-state index contributed by atoms with van der Waals surface area (Å²) < 4.78 is 0. The lowest BCUT2D eigenvalue weighted by molar-refractivity contribution is -0.128. The summed E-state index contributed by atoms with van der Waals surface area (Å²) in [6.07, 6.45) is 0.690. The first-order chi connectivity index (χ1) is 11.1. The van der Waals surface area contributed by atoms with Gasteiger partial charge in [0, 0.05) is 18.3 Å². The lowest BCUT2D eigenvalue weighted by atomic mass is 10.2. The van der Waals surface area contributed by atoms with E-state index < -0.39 is 18.0 Å². The van der Waals surface area contributed by atoms with Crippen LogP contribution in [-0.2, 0) is 4.79 Å². The minimum atomic E-state index is -1.05. The van der Waals surface area contributed by atoms with Crippen LogP contribution in [-0.4, -0.2) is 29.9 Å². The third-order valence-corrected chi connectivity index (χ3v) is 3.12. The molecule has 0 bridgehead atoms. The van der Waals surface area contributed by atoms with Crippen LogP contribution in [0.3, 0.4) is 0 Å². The summed E-state index contributed by atoms with van der Waals surface area (Å²) in [7, 11) is 1.34. The first-order valence-corrected chi connectivity index (χ1v) is 6.96. The van der Waals surface area contributed by atoms with E-state index in [1.165, 1.54) is 7.05 Å². The molecule has 1 unspecified atom stereocenters. The van der Waals surface area contributed by atoms with E-state index in [0.29, 0.717) is 11.3 Å². The van der Waals surface area contributed by atoms with Gasteiger partial charge in [0.2, 0.25) is 0 Å². The predicted octanol–water partition coefficient (Wildman–Crippen LogP) is 1.79. The number of hydrogen-bond donors (Lipinski definition) is 2. The maximum absolute atomic E-state index is 12.3. The molecule has 2 amide bonds. The molecule has 116 valence electrons. The number of rotatable bonds is 5. The molecule has 23 heavy (non-hydrogen) atoms. The number of nitrogens with zero attached hydrogens (tertiary/aromatic N) is 2. The van der Waals surface area contributed by atoms with Gasteiger partial charge in [0.25, 0.3) is 11.8 Å². The van der Waals surface area contributed by atoms with E-state index in [1.54, 1.807) is 60.8 Å². The van der Waals surface area contributed by atoms with Crippen molar-refractivity contribution in [3.8, 4) is 6.19 Å². The molecule has 0 aliphatic rings. The number of carbonyl (C=O) groups excluding carboxylic acids is 2. The van der Waals surface area contributed by atoms with E-state index >= 15 is 0 Å². The van der Waals surface area contributed by atoms with Crippen molar-refractivity contribution in [2.24, 2.45) is 0 Å². The van der Waals surface area contributed by atoms with Crippen molar-refractivity contribution in [3.63, 3.8) is 0 Å². The topological polar surface area (TPSA) is 85.2 Å². The maximum Gasteiger partial charge on any atom is 0.278 e. The molecule has 2 N–H and O–H groups in total. The normalized spacial score (nSPS) is 11.0. The monoisotopic (exact) mass is 308 g/mol. The third kappa shape index (κ3) is 4.32. The van der Waals surface area contributed by atoms with Crippen molar-refractivity contribution >= 4 is 17.5 Å². The molecule has 6 nitrogen and oxygen atoms in total. The van der Waals surface area contributed by atoms with Crippen LogP contribution in [0.25, 0.3) is 0 Å². The molecule has 0 aliphatic carbocycles. The van der Waals surface area contributed by atoms with E-state index in [0.717, 1.165) is 4.90 Å². The van der Waals surface area contributed by atoms with Crippen LogP contribution in [0.5, 0.6) is 0 Å². The first kappa shape index (κ1) is 16.0. The number of nitrogens with one attached hydrogen (secondary N) is 2. The zero-order valence-electron chi connectivity index (χ0n) is 12.6. The van der Waals surface area contributed by atoms with Crippen molar-refractivity contribution in [1.82, 2.24) is 10.2 Å². The molecule has 2 aromatic carbocycles. The summed E-state index contributed by atoms with van der Waals surface area (Å²) in [4.78, 5) is 25.4. The number of benzene rings is 2. The number of amides is 2. The Kier molecular flexibility index (Phi) is 5.31. The van der Waals surface area contributed by atoms with Crippen LogP contribution < -0.4 is 10.6 Å². The number of likely N-dealkylation sites (N-methyl/N-ethyl adjacent to an activating group) is 1. The Morgan fingerprint density at radius 3 is 2.17 bits per heavy atom. The lowest BCUT2D eigenvalue weighted by Crippen LogP contribution is -2.50. The average molecular weight is 308 g/mol. The minimum absolute atomic E-state index is 0.404. The Bertz CT molecular complexity index is 710. The second-order valence-electron chi connectivity index (χ2n) is 4.78. The van der Waals surface area contributed by atoms with E-state index in [-0.39, 0.29) is 0 Å². The van der Waals surface area contributed by atoms with E-state index in [2.05, 4.69) is 10.6 Å². The molecule has 2 rings (SSSR count). The van der Waals surface area contributed by atoms with E-state index in [4.69, 9.17) is 5.26 Å². The van der Waals surface area contributed by atoms with Crippen LogP contribution in [0.1, 0.15) is 10.4 Å². The Morgan fingerprint density at radius 2 is 1.61 bits per heavy atom. The number of carbonyl (C=O) groups is 2. The van der Waals surface area contributed by atoms with Gasteiger partial charge in [0.05, 0.1) is 0 Å². The third-order valence-electron chi connectivity index (χ3n) is 3.12. The fraction of sp³-hybridized carbons (Fsp3) is 0.118. The van der Waals surface area contributed by atoms with Gasteiger partial charge in [-0.2, -0.15) is 5.26 Å². The van der Waals surface area contributed by atoms with Gasteiger partial charge >= 0.3 is 0 Å². The summed E-state index contributed by atoms with van der Waals surface area (Å²) in [5.74, 6) is -0.959. The molecule has 2 aromatic rings. The smallest absolute Gasteiger partial charge is 0.278 e. The molecule has 1 atom stereocenters. The molecule has 0 radical (unpaired) electrons. The van der Waals surface area contributed by atoms with Crippen molar-refractivity contribution in [2.75, 3.05) is 12.4 Å². The maximum atomic E-state index is 12.3. The summed E-state index contributed by atoms with van der Waals surface area (Å²) in [5.41, 5.74) is 1.09. The van der Waals surface area contributed by atoms with Crippen molar-refractivity contribution in [2.45, 2.75) is 6.17 Å². The highest BCUT2D eigenvalue weighted by atomic mass is 16.2. The van der Waals surface area contributed by atoms with Gasteiger partial charge in [-0.25, -0.2) is 4.90 Å². The summed E-state index contributed by atoms with van der Waals surface area (Å²) in [6, 6.07) is 17.5. The largest absolute Gasteiger partial charge is 0.358 e. The zero-order valence-corrected chi connectivity index (χ0v) is 12.6. The minimum Gasteiger partial charge on any atom is -0.358 e. The molecule has 0 spiro atoms. The molecule has 0 heterocycles. The van der Waals surface area contributed by atoms with Crippen LogP contribution >= 0.6 is 0 Å². The van der Waals surface area contributed by atoms with Crippen molar-refractivity contribution < 1.29 is 9.59 Å². The SMILES string of the molecule is CN(C#N)C(=O)C(NC(=O)c1ccccc1)Nc1ccccc1. The summed E-state index contributed by atoms with van der Waals surface area (Å²) in [5, 5.41) is 14.4. The van der Waals surface area contributed by atoms with Crippen molar-refractivity contribution in [3.05, 3.63) is 66.2 Å². The highest BCUT2D eigenvalue weighted by Gasteiger charge is 2.24. The van der Waals surface area contributed by atoms with Gasteiger partial charge in [-0.05, 0) is 24.3 Å². The second kappa shape index (κ2) is 7.61. The van der Waals surface area contributed by atoms with Crippen LogP contribution in [0.15, 0.2) is 60.7 Å². The number of para-hydroxylation sites is 1. The predicted molar refractivity (Wildman–Crippen MR) is 86.1 cm³/mol. The van der Waals surface area contributed by atoms with Gasteiger partial charge in [0.15, 0.2) is 12.4 Å². The van der Waals surface area contributed by atoms with Crippen LogP contribution in [0, 0.1) is 11.5 Å². The number of hydrogen-bond acceptors (Lipinski definition) is 4. The van der Waals surface area contributed by atoms with Gasteiger partial charge in [-0.3, -0.25) is 9.59 Å². The summed E-state index contributed by atoms with van der Waals surface area (Å²) >= 11 is 0. The highest BCUT2D eigenvalue weighted by molar-refractivity contribution is 5.98. The van der Waals surface area contributed by atoms with Gasteiger partial charge in [-0.1, -0.05) is 36.4 Å². The Hall–Kier alpha value is -3.33. The van der Waals surface area contributed by atoms with E-state index in [9.17, 15) is 9.59 Å². The second-order valence-corrected chi connectivity index (χ2v) is 4.78. The van der Waals surface area contributed by atoms with Gasteiger partial charge < -0.3 is 10.6 Å². The number of anilines is 1. The molecule has 6 heteroatoms. The van der Waals surface area contributed by atoms with Crippen LogP contribution in [0.4, 0.5) is 5.69 Å². The van der Waals surface area contributed by atoms with Crippen LogP contribution in [0.2, 0.25) is 0 Å². The van der Waals surface area contributed by atoms with Crippen molar-refractivity contribution in [1.29, 1.82) is 5.26 Å². The number of nitriles is 1. The Labute approximate surface area is 134 Å². The fourth-order valence-electron chi connectivity index (χ4n) is 1.91. The molecule has 0 fully saturated rings. The standard InChI is InChI=1S/C17H16N4O2/c1-21(12-18)17(23)15(19-14-10-6-3-7-11-14)20-16(22)13-8-4-2-5-9-13/h2-11,15,19H,1H3,(H,20,22). The summed E-state index contributed by atoms with van der Waals surface area (Å²) in [6.45, 7) is 0. The van der Waals surface area contributed by atoms with E-state index in [1.807, 2.05) is 6.07 Å².